The van der Waals surface area contributed by atoms with Crippen LogP contribution >= 0.6 is 31.9 Å². The molecule has 126 valence electrons. The van der Waals surface area contributed by atoms with Crippen molar-refractivity contribution in [1.29, 1.82) is 0 Å². The monoisotopic (exact) mass is 450 g/mol. The normalized spacial score (nSPS) is 12.4. The van der Waals surface area contributed by atoms with E-state index in [0.29, 0.717) is 16.6 Å². The van der Waals surface area contributed by atoms with E-state index in [2.05, 4.69) is 79.5 Å². The molecule has 1 aromatic rings. The molecule has 0 atom stereocenters. The van der Waals surface area contributed by atoms with Gasteiger partial charge in [-0.15, -0.1) is 0 Å². The van der Waals surface area contributed by atoms with Crippen molar-refractivity contribution in [3.63, 3.8) is 0 Å². The molecular formula is C17H28Br2O2Si. The largest absolute Gasteiger partial charge is 0.540 e. The molecule has 0 aliphatic rings. The molecule has 0 N–H and O–H groups in total. The van der Waals surface area contributed by atoms with Gasteiger partial charge < -0.3 is 9.16 Å². The lowest BCUT2D eigenvalue weighted by Crippen LogP contribution is -2.50. The minimum atomic E-state index is -1.98. The number of alkyl halides is 1. The highest BCUT2D eigenvalue weighted by Gasteiger charge is 2.47. The van der Waals surface area contributed by atoms with Gasteiger partial charge in [-0.3, -0.25) is 0 Å². The summed E-state index contributed by atoms with van der Waals surface area (Å²) in [5.74, 6) is 1.68. The predicted molar refractivity (Wildman–Crippen MR) is 105 cm³/mol. The number of hydrogen-bond donors (Lipinski definition) is 0. The molecule has 0 fully saturated rings. The summed E-state index contributed by atoms with van der Waals surface area (Å²) >= 11 is 7.15. The smallest absolute Gasteiger partial charge is 0.258 e. The second kappa shape index (κ2) is 8.20. The lowest BCUT2D eigenvalue weighted by Gasteiger charge is -2.42. The number of halogens is 2. The van der Waals surface area contributed by atoms with Crippen molar-refractivity contribution >= 4 is 40.2 Å². The molecule has 0 saturated carbocycles. The van der Waals surface area contributed by atoms with Crippen LogP contribution in [0, 0.1) is 0 Å². The van der Waals surface area contributed by atoms with Gasteiger partial charge in [0.15, 0.2) is 5.75 Å². The Hall–Kier alpha value is -0.00312. The molecule has 0 amide bonds. The van der Waals surface area contributed by atoms with Gasteiger partial charge in [0.25, 0.3) is 8.32 Å². The van der Waals surface area contributed by atoms with Crippen molar-refractivity contribution < 1.29 is 9.16 Å². The first-order chi connectivity index (χ1) is 10.2. The Morgan fingerprint density at radius 1 is 0.955 bits per heavy atom. The van der Waals surface area contributed by atoms with Gasteiger partial charge >= 0.3 is 0 Å². The van der Waals surface area contributed by atoms with Crippen LogP contribution in [0.1, 0.15) is 47.1 Å². The van der Waals surface area contributed by atoms with E-state index in [1.807, 2.05) is 6.07 Å². The lowest BCUT2D eigenvalue weighted by molar-refractivity contribution is 0.382. The summed E-state index contributed by atoms with van der Waals surface area (Å²) in [4.78, 5) is 0. The lowest BCUT2D eigenvalue weighted by atomic mass is 10.2. The maximum absolute atomic E-state index is 6.76. The third kappa shape index (κ3) is 3.90. The van der Waals surface area contributed by atoms with Crippen LogP contribution in [0.5, 0.6) is 11.5 Å². The minimum absolute atomic E-state index is 0.534. The fourth-order valence-corrected chi connectivity index (χ4v) is 10.0. The average Bonchev–Trinajstić information content (AvgIpc) is 2.43. The summed E-state index contributed by atoms with van der Waals surface area (Å²) in [5.41, 5.74) is 2.76. The first-order valence-corrected chi connectivity index (χ1v) is 11.9. The fraction of sp³-hybridized carbons (Fsp3) is 0.647. The molecule has 1 rings (SSSR count). The van der Waals surface area contributed by atoms with Crippen molar-refractivity contribution in [2.75, 3.05) is 7.11 Å². The Kier molecular flexibility index (Phi) is 7.47. The van der Waals surface area contributed by atoms with E-state index in [1.54, 1.807) is 7.11 Å². The van der Waals surface area contributed by atoms with E-state index >= 15 is 0 Å². The zero-order valence-electron chi connectivity index (χ0n) is 14.7. The number of rotatable bonds is 7. The Balaban J connectivity index is 3.38. The van der Waals surface area contributed by atoms with Gasteiger partial charge in [0.2, 0.25) is 0 Å². The molecular weight excluding hydrogens is 424 g/mol. The van der Waals surface area contributed by atoms with E-state index in [0.717, 1.165) is 26.9 Å². The van der Waals surface area contributed by atoms with Crippen LogP contribution in [0.3, 0.4) is 0 Å². The zero-order chi connectivity index (χ0) is 17.1. The highest BCUT2D eigenvalue weighted by molar-refractivity contribution is 9.10. The van der Waals surface area contributed by atoms with Crippen LogP contribution in [-0.2, 0) is 5.33 Å². The molecule has 2 nitrogen and oxygen atoms in total. The highest BCUT2D eigenvalue weighted by atomic mass is 79.9. The van der Waals surface area contributed by atoms with Crippen LogP contribution in [0.25, 0.3) is 0 Å². The van der Waals surface area contributed by atoms with Gasteiger partial charge in [0, 0.05) is 9.80 Å². The van der Waals surface area contributed by atoms with Crippen molar-refractivity contribution in [2.45, 2.75) is 63.5 Å². The molecule has 0 radical (unpaired) electrons. The quantitative estimate of drug-likeness (QED) is 0.331. The molecule has 5 heteroatoms. The summed E-state index contributed by atoms with van der Waals surface area (Å²) in [5, 5.41) is 0.783. The van der Waals surface area contributed by atoms with Crippen LogP contribution < -0.4 is 9.16 Å². The Bertz CT molecular complexity index is 480. The zero-order valence-corrected chi connectivity index (χ0v) is 18.8. The van der Waals surface area contributed by atoms with E-state index in [-0.39, 0.29) is 0 Å². The fourth-order valence-electron chi connectivity index (χ4n) is 3.46. The summed E-state index contributed by atoms with van der Waals surface area (Å²) in [6, 6.07) is 4.11. The molecule has 0 unspecified atom stereocenters. The van der Waals surface area contributed by atoms with Gasteiger partial charge in [-0.1, -0.05) is 73.4 Å². The van der Waals surface area contributed by atoms with Gasteiger partial charge in [-0.25, -0.2) is 0 Å². The maximum atomic E-state index is 6.76. The molecule has 1 aromatic carbocycles. The van der Waals surface area contributed by atoms with Crippen molar-refractivity contribution in [3.05, 3.63) is 22.2 Å². The van der Waals surface area contributed by atoms with Gasteiger partial charge in [-0.05, 0) is 34.3 Å². The topological polar surface area (TPSA) is 18.5 Å². The molecule has 0 saturated heterocycles. The van der Waals surface area contributed by atoms with E-state index in [4.69, 9.17) is 9.16 Å². The second-order valence-electron chi connectivity index (χ2n) is 6.65. The standard InChI is InChI=1S/C17H28Br2O2Si/c1-11(2)22(12(3)4,13(5)6)21-17-9-15(19)14(10-18)8-16(17)20-7/h8-9,11-13H,10H2,1-7H3. The Morgan fingerprint density at radius 3 is 1.82 bits per heavy atom. The first kappa shape index (κ1) is 20.0. The number of ether oxygens (including phenoxy) is 1. The van der Waals surface area contributed by atoms with Crippen LogP contribution in [0.2, 0.25) is 16.6 Å². The second-order valence-corrected chi connectivity index (χ2v) is 13.4. The molecule has 0 aromatic heterocycles. The minimum Gasteiger partial charge on any atom is -0.540 e. The summed E-state index contributed by atoms with van der Waals surface area (Å²) in [6.07, 6.45) is 0. The molecule has 22 heavy (non-hydrogen) atoms. The van der Waals surface area contributed by atoms with E-state index < -0.39 is 8.32 Å². The highest BCUT2D eigenvalue weighted by Crippen LogP contribution is 2.45. The van der Waals surface area contributed by atoms with Gasteiger partial charge in [0.1, 0.15) is 5.75 Å². The van der Waals surface area contributed by atoms with Crippen molar-refractivity contribution in [2.24, 2.45) is 0 Å². The third-order valence-corrected chi connectivity index (χ3v) is 11.8. The Labute approximate surface area is 153 Å². The average molecular weight is 452 g/mol. The summed E-state index contributed by atoms with van der Waals surface area (Å²) in [6.45, 7) is 13.8. The SMILES string of the molecule is COc1cc(CBr)c(Br)cc1O[Si](C(C)C)(C(C)C)C(C)C. The first-order valence-electron chi connectivity index (χ1n) is 7.82. The Morgan fingerprint density at radius 2 is 1.45 bits per heavy atom. The van der Waals surface area contributed by atoms with Crippen LogP contribution in [0.4, 0.5) is 0 Å². The van der Waals surface area contributed by atoms with Gasteiger partial charge in [-0.2, -0.15) is 0 Å². The van der Waals surface area contributed by atoms with Crippen LogP contribution in [0.15, 0.2) is 16.6 Å². The molecule has 0 aliphatic heterocycles. The summed E-state index contributed by atoms with van der Waals surface area (Å²) in [7, 11) is -0.273. The van der Waals surface area contributed by atoms with Crippen molar-refractivity contribution in [1.82, 2.24) is 0 Å². The summed E-state index contributed by atoms with van der Waals surface area (Å²) < 4.78 is 13.4. The molecule has 0 spiro atoms. The molecule has 0 aliphatic carbocycles. The third-order valence-electron chi connectivity index (χ3n) is 4.47. The van der Waals surface area contributed by atoms with Gasteiger partial charge in [0.05, 0.1) is 7.11 Å². The number of methoxy groups -OCH3 is 1. The van der Waals surface area contributed by atoms with Crippen molar-refractivity contribution in [3.8, 4) is 11.5 Å². The van der Waals surface area contributed by atoms with E-state index in [9.17, 15) is 0 Å². The molecule has 0 bridgehead atoms. The van der Waals surface area contributed by atoms with Crippen LogP contribution in [-0.4, -0.2) is 15.4 Å². The molecule has 0 heterocycles. The maximum Gasteiger partial charge on any atom is 0.258 e. The number of hydrogen-bond acceptors (Lipinski definition) is 2. The number of benzene rings is 1. The predicted octanol–water partition coefficient (Wildman–Crippen LogP) is 6.91. The van der Waals surface area contributed by atoms with E-state index in [1.165, 1.54) is 0 Å².